The first-order valence-electron chi connectivity index (χ1n) is 9.65. The van der Waals surface area contributed by atoms with Crippen molar-refractivity contribution in [1.29, 1.82) is 0 Å². The summed E-state index contributed by atoms with van der Waals surface area (Å²) in [5.74, 6) is -0.746. The van der Waals surface area contributed by atoms with Gasteiger partial charge in [0.1, 0.15) is 10.3 Å². The Labute approximate surface area is 195 Å². The molecule has 1 aliphatic heterocycles. The van der Waals surface area contributed by atoms with Gasteiger partial charge in [0.05, 0.1) is 9.90 Å². The highest BCUT2D eigenvalue weighted by Gasteiger charge is 2.39. The van der Waals surface area contributed by atoms with Crippen LogP contribution >= 0.6 is 22.9 Å². The predicted octanol–water partition coefficient (Wildman–Crippen LogP) is 4.65. The molecule has 1 N–H and O–H groups in total. The largest absolute Gasteiger partial charge is 0.416 e. The summed E-state index contributed by atoms with van der Waals surface area (Å²) in [5, 5.41) is 9.84. The molecule has 4 rings (SSSR count). The van der Waals surface area contributed by atoms with Crippen molar-refractivity contribution in [3.63, 3.8) is 0 Å². The lowest BCUT2D eigenvalue weighted by Gasteiger charge is -2.32. The molecule has 1 unspecified atom stereocenters. The lowest BCUT2D eigenvalue weighted by Crippen LogP contribution is -2.49. The first-order chi connectivity index (χ1) is 15.6. The highest BCUT2D eigenvalue weighted by atomic mass is 35.5. The Morgan fingerprint density at radius 3 is 2.52 bits per heavy atom. The van der Waals surface area contributed by atoms with Gasteiger partial charge in [-0.05, 0) is 49.2 Å². The highest BCUT2D eigenvalue weighted by Crippen LogP contribution is 2.33. The molecule has 1 fully saturated rings. The van der Waals surface area contributed by atoms with E-state index in [1.165, 1.54) is 24.3 Å². The SMILES string of the molecule is O=C(Nc1nnc(-c2ccc(C(F)(F)F)cc2)o1)C1CCCCN1S(=O)(=O)c1ccc(Cl)s1. The minimum Gasteiger partial charge on any atom is -0.403 e. The number of carbonyl (C=O) groups excluding carboxylic acids is 1. The summed E-state index contributed by atoms with van der Waals surface area (Å²) >= 11 is 6.77. The van der Waals surface area contributed by atoms with E-state index in [1.807, 2.05) is 0 Å². The number of nitrogens with one attached hydrogen (secondary N) is 1. The molecule has 0 saturated carbocycles. The van der Waals surface area contributed by atoms with Crippen molar-refractivity contribution in [3.05, 3.63) is 46.3 Å². The van der Waals surface area contributed by atoms with E-state index in [1.54, 1.807) is 0 Å². The molecule has 2 aromatic heterocycles. The molecule has 3 heterocycles. The van der Waals surface area contributed by atoms with Crippen molar-refractivity contribution < 1.29 is 30.8 Å². The number of sulfonamides is 1. The molecule has 3 aromatic rings. The number of alkyl halides is 3. The van der Waals surface area contributed by atoms with Crippen molar-refractivity contribution in [2.24, 2.45) is 0 Å². The van der Waals surface area contributed by atoms with Crippen LogP contribution in [0.5, 0.6) is 0 Å². The molecule has 1 saturated heterocycles. The molecule has 0 spiro atoms. The van der Waals surface area contributed by atoms with Crippen LogP contribution in [0.25, 0.3) is 11.5 Å². The van der Waals surface area contributed by atoms with Crippen LogP contribution in [0.3, 0.4) is 0 Å². The number of piperidine rings is 1. The van der Waals surface area contributed by atoms with Gasteiger partial charge >= 0.3 is 12.2 Å². The van der Waals surface area contributed by atoms with Crippen molar-refractivity contribution in [2.45, 2.75) is 35.7 Å². The van der Waals surface area contributed by atoms with Crippen molar-refractivity contribution in [2.75, 3.05) is 11.9 Å². The van der Waals surface area contributed by atoms with Crippen LogP contribution in [0.15, 0.2) is 45.0 Å². The molecule has 1 aliphatic rings. The van der Waals surface area contributed by atoms with Gasteiger partial charge in [-0.1, -0.05) is 23.1 Å². The van der Waals surface area contributed by atoms with Crippen LogP contribution < -0.4 is 5.32 Å². The average Bonchev–Trinajstić information content (AvgIpc) is 3.43. The maximum Gasteiger partial charge on any atom is 0.416 e. The first-order valence-corrected chi connectivity index (χ1v) is 12.3. The second-order valence-corrected chi connectivity index (χ2v) is 11.0. The minimum atomic E-state index is -4.48. The van der Waals surface area contributed by atoms with Gasteiger partial charge in [0.2, 0.25) is 11.8 Å². The van der Waals surface area contributed by atoms with Crippen LogP contribution in [-0.2, 0) is 21.0 Å². The Bertz CT molecular complexity index is 1260. The Hall–Kier alpha value is -2.48. The number of hydrogen-bond acceptors (Lipinski definition) is 7. The lowest BCUT2D eigenvalue weighted by molar-refractivity contribution is -0.137. The third-order valence-electron chi connectivity index (χ3n) is 4.98. The van der Waals surface area contributed by atoms with Gasteiger partial charge in [-0.15, -0.1) is 16.4 Å². The number of rotatable bonds is 5. The van der Waals surface area contributed by atoms with Gasteiger partial charge < -0.3 is 4.42 Å². The Morgan fingerprint density at radius 2 is 1.88 bits per heavy atom. The monoisotopic (exact) mass is 520 g/mol. The zero-order chi connectivity index (χ0) is 23.8. The Morgan fingerprint density at radius 1 is 1.15 bits per heavy atom. The number of anilines is 1. The number of amides is 1. The van der Waals surface area contributed by atoms with Crippen LogP contribution in [0.2, 0.25) is 4.34 Å². The zero-order valence-corrected chi connectivity index (χ0v) is 19.1. The van der Waals surface area contributed by atoms with E-state index in [0.717, 1.165) is 27.8 Å². The molecule has 33 heavy (non-hydrogen) atoms. The molecule has 1 amide bonds. The van der Waals surface area contributed by atoms with Crippen LogP contribution in [0.1, 0.15) is 24.8 Å². The lowest BCUT2D eigenvalue weighted by atomic mass is 10.0. The van der Waals surface area contributed by atoms with E-state index in [9.17, 15) is 26.4 Å². The van der Waals surface area contributed by atoms with Gasteiger partial charge in [0, 0.05) is 12.1 Å². The molecule has 1 atom stereocenters. The number of aromatic nitrogens is 2. The fourth-order valence-electron chi connectivity index (χ4n) is 3.39. The summed E-state index contributed by atoms with van der Waals surface area (Å²) in [6, 6.07) is 5.66. The standard InChI is InChI=1S/C19H16ClF3N4O4S2/c20-14-8-9-15(32-14)33(29,30)27-10-2-1-3-13(27)16(28)24-18-26-25-17(31-18)11-4-6-12(7-5-11)19(21,22)23/h4-9,13H,1-3,10H2,(H,24,26,28). The fraction of sp³-hybridized carbons (Fsp3) is 0.316. The van der Waals surface area contributed by atoms with Crippen LogP contribution in [0, 0.1) is 0 Å². The number of nitrogens with zero attached hydrogens (tertiary/aromatic N) is 3. The van der Waals surface area contributed by atoms with Crippen molar-refractivity contribution in [1.82, 2.24) is 14.5 Å². The second-order valence-electron chi connectivity index (χ2n) is 7.16. The maximum absolute atomic E-state index is 13.0. The van der Waals surface area contributed by atoms with E-state index in [2.05, 4.69) is 15.5 Å². The molecular weight excluding hydrogens is 505 g/mol. The Kier molecular flexibility index (Phi) is 6.49. The molecule has 176 valence electrons. The normalized spacial score (nSPS) is 17.8. The number of thiophene rings is 1. The third kappa shape index (κ3) is 5.05. The summed E-state index contributed by atoms with van der Waals surface area (Å²) in [6.07, 6.45) is -2.94. The molecule has 14 heteroatoms. The van der Waals surface area contributed by atoms with E-state index in [-0.39, 0.29) is 28.2 Å². The first kappa shape index (κ1) is 23.7. The van der Waals surface area contributed by atoms with Crippen molar-refractivity contribution in [3.8, 4) is 11.5 Å². The summed E-state index contributed by atoms with van der Waals surface area (Å²) in [5.41, 5.74) is -0.600. The molecule has 0 bridgehead atoms. The van der Waals surface area contributed by atoms with Gasteiger partial charge in [0.25, 0.3) is 10.0 Å². The van der Waals surface area contributed by atoms with Gasteiger partial charge in [-0.25, -0.2) is 8.42 Å². The minimum absolute atomic E-state index is 0.0366. The zero-order valence-electron chi connectivity index (χ0n) is 16.7. The average molecular weight is 521 g/mol. The number of carbonyl (C=O) groups is 1. The quantitative estimate of drug-likeness (QED) is 0.525. The summed E-state index contributed by atoms with van der Waals surface area (Å²) < 4.78 is 71.0. The molecule has 8 nitrogen and oxygen atoms in total. The van der Waals surface area contributed by atoms with E-state index in [0.29, 0.717) is 23.6 Å². The van der Waals surface area contributed by atoms with Crippen LogP contribution in [0.4, 0.5) is 19.2 Å². The number of benzene rings is 1. The predicted molar refractivity (Wildman–Crippen MR) is 114 cm³/mol. The van der Waals surface area contributed by atoms with Crippen LogP contribution in [-0.4, -0.2) is 41.4 Å². The number of hydrogen-bond donors (Lipinski definition) is 1. The third-order valence-corrected chi connectivity index (χ3v) is 8.59. The summed E-state index contributed by atoms with van der Waals surface area (Å²) in [6.45, 7) is 0.163. The topological polar surface area (TPSA) is 105 Å². The maximum atomic E-state index is 13.0. The van der Waals surface area contributed by atoms with Gasteiger partial charge in [-0.2, -0.15) is 17.5 Å². The smallest absolute Gasteiger partial charge is 0.403 e. The highest BCUT2D eigenvalue weighted by molar-refractivity contribution is 7.91. The van der Waals surface area contributed by atoms with Gasteiger partial charge in [-0.3, -0.25) is 10.1 Å². The molecule has 0 radical (unpaired) electrons. The number of halogens is 4. The fourth-order valence-corrected chi connectivity index (χ4v) is 6.66. The Balaban J connectivity index is 1.50. The van der Waals surface area contributed by atoms with E-state index in [4.69, 9.17) is 16.0 Å². The second kappa shape index (κ2) is 9.05. The van der Waals surface area contributed by atoms with Crippen molar-refractivity contribution >= 4 is 44.9 Å². The molecule has 0 aliphatic carbocycles. The molecule has 1 aromatic carbocycles. The summed E-state index contributed by atoms with van der Waals surface area (Å²) in [4.78, 5) is 12.9. The van der Waals surface area contributed by atoms with E-state index >= 15 is 0 Å². The van der Waals surface area contributed by atoms with Gasteiger partial charge in [0.15, 0.2) is 0 Å². The molecular formula is C19H16ClF3N4O4S2. The summed E-state index contributed by atoms with van der Waals surface area (Å²) in [7, 11) is -3.93. The van der Waals surface area contributed by atoms with E-state index < -0.39 is 33.7 Å².